The van der Waals surface area contributed by atoms with E-state index in [0.717, 1.165) is 17.1 Å². The number of nitro groups is 1. The SMILES string of the molecule is Cc1cc(C(=O)Cn2cnc([N+](=O)[O-])n2)c(Cl)cc1F. The number of benzene rings is 1. The van der Waals surface area contributed by atoms with Gasteiger partial charge in [-0.1, -0.05) is 16.6 Å². The van der Waals surface area contributed by atoms with E-state index in [9.17, 15) is 19.3 Å². The van der Waals surface area contributed by atoms with Gasteiger partial charge in [-0.05, 0) is 29.5 Å². The maximum absolute atomic E-state index is 13.2. The summed E-state index contributed by atoms with van der Waals surface area (Å²) in [4.78, 5) is 25.1. The number of hydrogen-bond acceptors (Lipinski definition) is 5. The number of carbonyl (C=O) groups excluding carboxylic acids is 1. The van der Waals surface area contributed by atoms with Crippen LogP contribution in [0.5, 0.6) is 0 Å². The molecule has 0 saturated heterocycles. The Kier molecular flexibility index (Phi) is 3.75. The maximum atomic E-state index is 13.2. The minimum absolute atomic E-state index is 0.0206. The van der Waals surface area contributed by atoms with E-state index in [1.54, 1.807) is 0 Å². The molecule has 1 heterocycles. The fourth-order valence-corrected chi connectivity index (χ4v) is 1.80. The number of carbonyl (C=O) groups is 1. The van der Waals surface area contributed by atoms with E-state index in [0.29, 0.717) is 0 Å². The summed E-state index contributed by atoms with van der Waals surface area (Å²) in [6.07, 6.45) is 1.07. The molecule has 1 aromatic carbocycles. The Morgan fingerprint density at radius 2 is 2.25 bits per heavy atom. The van der Waals surface area contributed by atoms with Gasteiger partial charge in [-0.2, -0.15) is 4.68 Å². The lowest BCUT2D eigenvalue weighted by Crippen LogP contribution is -2.12. The molecule has 1 aromatic heterocycles. The summed E-state index contributed by atoms with van der Waals surface area (Å²) in [7, 11) is 0. The fraction of sp³-hybridized carbons (Fsp3) is 0.182. The molecule has 0 amide bonds. The van der Waals surface area contributed by atoms with Gasteiger partial charge in [0.15, 0.2) is 5.78 Å². The van der Waals surface area contributed by atoms with Gasteiger partial charge in [0.1, 0.15) is 12.4 Å². The van der Waals surface area contributed by atoms with Crippen LogP contribution in [-0.4, -0.2) is 25.5 Å². The van der Waals surface area contributed by atoms with E-state index in [2.05, 4.69) is 10.1 Å². The van der Waals surface area contributed by atoms with E-state index in [1.807, 2.05) is 0 Å². The lowest BCUT2D eigenvalue weighted by Gasteiger charge is -2.04. The van der Waals surface area contributed by atoms with Gasteiger partial charge in [0.05, 0.1) is 5.02 Å². The molecule has 104 valence electrons. The molecule has 9 heteroatoms. The van der Waals surface area contributed by atoms with Crippen molar-refractivity contribution in [1.29, 1.82) is 0 Å². The van der Waals surface area contributed by atoms with Crippen LogP contribution in [-0.2, 0) is 6.54 Å². The third-order valence-corrected chi connectivity index (χ3v) is 2.85. The van der Waals surface area contributed by atoms with E-state index in [-0.39, 0.29) is 22.7 Å². The molecule has 0 aliphatic rings. The molecular formula is C11H8ClFN4O3. The molecular weight excluding hydrogens is 291 g/mol. The van der Waals surface area contributed by atoms with E-state index < -0.39 is 22.5 Å². The van der Waals surface area contributed by atoms with Crippen LogP contribution in [0.1, 0.15) is 15.9 Å². The molecule has 0 fully saturated rings. The largest absolute Gasteiger partial charge is 0.490 e. The third kappa shape index (κ3) is 2.80. The predicted octanol–water partition coefficient (Wildman–Crippen LogP) is 2.17. The highest BCUT2D eigenvalue weighted by molar-refractivity contribution is 6.34. The van der Waals surface area contributed by atoms with Crippen molar-refractivity contribution in [2.24, 2.45) is 0 Å². The second-order valence-corrected chi connectivity index (χ2v) is 4.41. The van der Waals surface area contributed by atoms with Gasteiger partial charge >= 0.3 is 5.95 Å². The Hall–Kier alpha value is -2.35. The molecule has 0 radical (unpaired) electrons. The number of rotatable bonds is 4. The lowest BCUT2D eigenvalue weighted by molar-refractivity contribution is -0.394. The molecule has 0 spiro atoms. The van der Waals surface area contributed by atoms with Crippen LogP contribution in [0.3, 0.4) is 0 Å². The van der Waals surface area contributed by atoms with Crippen LogP contribution in [0.4, 0.5) is 10.3 Å². The first-order valence-corrected chi connectivity index (χ1v) is 5.79. The highest BCUT2D eigenvalue weighted by atomic mass is 35.5. The van der Waals surface area contributed by atoms with Crippen LogP contribution in [0, 0.1) is 22.9 Å². The van der Waals surface area contributed by atoms with Crippen molar-refractivity contribution in [3.63, 3.8) is 0 Å². The van der Waals surface area contributed by atoms with Gasteiger partial charge in [0.2, 0.25) is 6.33 Å². The third-order valence-electron chi connectivity index (χ3n) is 2.54. The van der Waals surface area contributed by atoms with Crippen LogP contribution in [0.25, 0.3) is 0 Å². The van der Waals surface area contributed by atoms with Crippen molar-refractivity contribution in [1.82, 2.24) is 14.8 Å². The zero-order valence-electron chi connectivity index (χ0n) is 10.2. The van der Waals surface area contributed by atoms with Crippen LogP contribution in [0.15, 0.2) is 18.5 Å². The predicted molar refractivity (Wildman–Crippen MR) is 67.2 cm³/mol. The molecule has 2 rings (SSSR count). The lowest BCUT2D eigenvalue weighted by atomic mass is 10.1. The molecule has 0 N–H and O–H groups in total. The quantitative estimate of drug-likeness (QED) is 0.490. The fourth-order valence-electron chi connectivity index (χ4n) is 1.55. The van der Waals surface area contributed by atoms with E-state index in [1.165, 1.54) is 13.0 Å². The first-order chi connectivity index (χ1) is 9.38. The number of aryl methyl sites for hydroxylation is 1. The summed E-state index contributed by atoms with van der Waals surface area (Å²) >= 11 is 5.80. The normalized spacial score (nSPS) is 10.6. The maximum Gasteiger partial charge on any atom is 0.490 e. The van der Waals surface area contributed by atoms with Gasteiger partial charge in [-0.15, -0.1) is 0 Å². The number of halogens is 2. The molecule has 2 aromatic rings. The number of hydrogen-bond donors (Lipinski definition) is 0. The van der Waals surface area contributed by atoms with Crippen molar-refractivity contribution in [3.05, 3.63) is 50.5 Å². The summed E-state index contributed by atoms with van der Waals surface area (Å²) in [5, 5.41) is 13.9. The van der Waals surface area contributed by atoms with E-state index in [4.69, 9.17) is 11.6 Å². The Labute approximate surface area is 117 Å². The topological polar surface area (TPSA) is 90.9 Å². The molecule has 7 nitrogen and oxygen atoms in total. The Balaban J connectivity index is 2.23. The Morgan fingerprint density at radius 3 is 2.85 bits per heavy atom. The smallest absolute Gasteiger partial charge is 0.390 e. The molecule has 0 bridgehead atoms. The van der Waals surface area contributed by atoms with Crippen LogP contribution < -0.4 is 0 Å². The molecule has 0 aliphatic carbocycles. The molecule has 0 saturated carbocycles. The van der Waals surface area contributed by atoms with Crippen molar-refractivity contribution >= 4 is 23.3 Å². The standard InChI is InChI=1S/C11H8ClFN4O3/c1-6-2-7(8(12)3-9(6)13)10(18)4-16-5-14-11(15-16)17(19)20/h2-3,5H,4H2,1H3. The molecule has 0 aliphatic heterocycles. The minimum atomic E-state index is -0.768. The van der Waals surface area contributed by atoms with Crippen molar-refractivity contribution in [2.75, 3.05) is 0 Å². The summed E-state index contributed by atoms with van der Waals surface area (Å²) in [6, 6.07) is 2.37. The summed E-state index contributed by atoms with van der Waals surface area (Å²) in [5.41, 5.74) is 0.408. The number of nitrogens with zero attached hydrogens (tertiary/aromatic N) is 4. The second-order valence-electron chi connectivity index (χ2n) is 4.00. The summed E-state index contributed by atoms with van der Waals surface area (Å²) < 4.78 is 14.3. The average molecular weight is 299 g/mol. The van der Waals surface area contributed by atoms with Gasteiger partial charge in [0, 0.05) is 10.7 Å². The molecule has 0 unspecified atom stereocenters. The van der Waals surface area contributed by atoms with Crippen molar-refractivity contribution in [2.45, 2.75) is 13.5 Å². The molecule has 20 heavy (non-hydrogen) atoms. The summed E-state index contributed by atoms with van der Waals surface area (Å²) in [6.45, 7) is 1.23. The monoisotopic (exact) mass is 298 g/mol. The van der Waals surface area contributed by atoms with Gasteiger partial charge in [-0.25, -0.2) is 4.39 Å². The first kappa shape index (κ1) is 14.1. The minimum Gasteiger partial charge on any atom is -0.390 e. The van der Waals surface area contributed by atoms with Gasteiger partial charge in [-0.3, -0.25) is 4.79 Å². The van der Waals surface area contributed by atoms with Gasteiger partial charge < -0.3 is 10.1 Å². The Morgan fingerprint density at radius 1 is 1.55 bits per heavy atom. The number of Topliss-reactive ketones (excluding diaryl/α,β-unsaturated/α-hetero) is 1. The molecule has 0 atom stereocenters. The van der Waals surface area contributed by atoms with E-state index >= 15 is 0 Å². The number of aromatic nitrogens is 3. The average Bonchev–Trinajstić information content (AvgIpc) is 2.82. The van der Waals surface area contributed by atoms with Crippen LogP contribution >= 0.6 is 11.6 Å². The summed E-state index contributed by atoms with van der Waals surface area (Å²) in [5.74, 6) is -1.56. The van der Waals surface area contributed by atoms with Gasteiger partial charge in [0.25, 0.3) is 0 Å². The van der Waals surface area contributed by atoms with Crippen molar-refractivity contribution in [3.8, 4) is 0 Å². The second kappa shape index (κ2) is 5.33. The van der Waals surface area contributed by atoms with Crippen molar-refractivity contribution < 1.29 is 14.1 Å². The highest BCUT2D eigenvalue weighted by Crippen LogP contribution is 2.21. The number of ketones is 1. The first-order valence-electron chi connectivity index (χ1n) is 5.41. The zero-order valence-corrected chi connectivity index (χ0v) is 11.0. The van der Waals surface area contributed by atoms with Crippen LogP contribution in [0.2, 0.25) is 5.02 Å². The highest BCUT2D eigenvalue weighted by Gasteiger charge is 2.18. The zero-order chi connectivity index (χ0) is 14.9. The Bertz CT molecular complexity index is 701.